The highest BCUT2D eigenvalue weighted by Crippen LogP contribution is 2.30. The Kier molecular flexibility index (Phi) is 3.97. The van der Waals surface area contributed by atoms with Crippen molar-refractivity contribution in [3.63, 3.8) is 0 Å². The minimum Gasteiger partial charge on any atom is -0.481 e. The summed E-state index contributed by atoms with van der Waals surface area (Å²) in [5, 5.41) is 18.5. The molecule has 6 heteroatoms. The Balaban J connectivity index is 2.38. The summed E-state index contributed by atoms with van der Waals surface area (Å²) in [5.41, 5.74) is 2.30. The zero-order chi connectivity index (χ0) is 15.7. The molecule has 1 aromatic carbocycles. The van der Waals surface area contributed by atoms with Crippen LogP contribution in [0.4, 0.5) is 0 Å². The zero-order valence-electron chi connectivity index (χ0n) is 11.9. The van der Waals surface area contributed by atoms with Gasteiger partial charge in [-0.1, -0.05) is 29.3 Å². The number of benzene rings is 1. The highest BCUT2D eigenvalue weighted by molar-refractivity contribution is 5.90. The van der Waals surface area contributed by atoms with Crippen LogP contribution in [0.25, 0.3) is 0 Å². The van der Waals surface area contributed by atoms with E-state index in [1.807, 2.05) is 19.9 Å². The first-order valence-corrected chi connectivity index (χ1v) is 6.63. The predicted molar refractivity (Wildman–Crippen MR) is 73.7 cm³/mol. The number of carbonyl (C=O) groups excluding carboxylic acids is 1. The highest BCUT2D eigenvalue weighted by Gasteiger charge is 2.41. The average molecular weight is 291 g/mol. The van der Waals surface area contributed by atoms with Crippen LogP contribution >= 0.6 is 0 Å². The SMILES string of the molecule is Cc1cc(C)cc(C(C(=O)O)N2CC(C(=O)O)CC2=O)c1. The van der Waals surface area contributed by atoms with Gasteiger partial charge in [-0.2, -0.15) is 0 Å². The van der Waals surface area contributed by atoms with Crippen LogP contribution < -0.4 is 0 Å². The van der Waals surface area contributed by atoms with Gasteiger partial charge in [0.25, 0.3) is 0 Å². The molecule has 1 amide bonds. The van der Waals surface area contributed by atoms with Gasteiger partial charge in [0.05, 0.1) is 5.92 Å². The first-order chi connectivity index (χ1) is 9.79. The van der Waals surface area contributed by atoms with Gasteiger partial charge < -0.3 is 15.1 Å². The number of aryl methyl sites for hydroxylation is 2. The van der Waals surface area contributed by atoms with Crippen LogP contribution in [0.3, 0.4) is 0 Å². The number of rotatable bonds is 4. The molecule has 1 heterocycles. The number of aliphatic carboxylic acids is 2. The van der Waals surface area contributed by atoms with Crippen LogP contribution in [-0.4, -0.2) is 39.5 Å². The van der Waals surface area contributed by atoms with Crippen molar-refractivity contribution in [1.82, 2.24) is 4.90 Å². The average Bonchev–Trinajstić information content (AvgIpc) is 2.70. The number of nitrogens with zero attached hydrogens (tertiary/aromatic N) is 1. The number of hydrogen-bond acceptors (Lipinski definition) is 3. The van der Waals surface area contributed by atoms with Gasteiger partial charge in [-0.25, -0.2) is 4.79 Å². The summed E-state index contributed by atoms with van der Waals surface area (Å²) in [4.78, 5) is 35.7. The van der Waals surface area contributed by atoms with Crippen LogP contribution in [0.5, 0.6) is 0 Å². The van der Waals surface area contributed by atoms with Crippen LogP contribution in [-0.2, 0) is 14.4 Å². The van der Waals surface area contributed by atoms with Gasteiger partial charge in [0, 0.05) is 13.0 Å². The van der Waals surface area contributed by atoms with E-state index in [4.69, 9.17) is 5.11 Å². The molecular formula is C15H17NO5. The summed E-state index contributed by atoms with van der Waals surface area (Å²) in [6.45, 7) is 3.63. The fourth-order valence-corrected chi connectivity index (χ4v) is 2.77. The Hall–Kier alpha value is -2.37. The lowest BCUT2D eigenvalue weighted by Gasteiger charge is -2.25. The van der Waals surface area contributed by atoms with E-state index in [-0.39, 0.29) is 13.0 Å². The molecule has 0 spiro atoms. The quantitative estimate of drug-likeness (QED) is 0.873. The number of hydrogen-bond donors (Lipinski definition) is 2. The molecule has 0 saturated carbocycles. The molecule has 1 saturated heterocycles. The molecule has 2 N–H and O–H groups in total. The maximum atomic E-state index is 12.0. The summed E-state index contributed by atoms with van der Waals surface area (Å²) in [7, 11) is 0. The molecule has 21 heavy (non-hydrogen) atoms. The lowest BCUT2D eigenvalue weighted by atomic mass is 10.0. The van der Waals surface area contributed by atoms with Gasteiger partial charge >= 0.3 is 11.9 Å². The Bertz CT molecular complexity index is 590. The van der Waals surface area contributed by atoms with E-state index in [2.05, 4.69) is 0 Å². The number of amides is 1. The molecule has 0 aromatic heterocycles. The fourth-order valence-electron chi connectivity index (χ4n) is 2.77. The molecule has 112 valence electrons. The Morgan fingerprint density at radius 3 is 2.19 bits per heavy atom. The smallest absolute Gasteiger partial charge is 0.331 e. The highest BCUT2D eigenvalue weighted by atomic mass is 16.4. The Morgan fingerprint density at radius 1 is 1.19 bits per heavy atom. The molecule has 1 aromatic rings. The Labute approximate surface area is 122 Å². The molecule has 0 aliphatic carbocycles. The van der Waals surface area contributed by atoms with E-state index in [1.165, 1.54) is 0 Å². The molecule has 1 fully saturated rings. The number of carbonyl (C=O) groups is 3. The van der Waals surface area contributed by atoms with Crippen molar-refractivity contribution >= 4 is 17.8 Å². The monoisotopic (exact) mass is 291 g/mol. The summed E-state index contributed by atoms with van der Waals surface area (Å²) in [6.07, 6.45) is -0.149. The van der Waals surface area contributed by atoms with Gasteiger partial charge in [0.1, 0.15) is 0 Å². The van der Waals surface area contributed by atoms with Crippen molar-refractivity contribution in [2.45, 2.75) is 26.3 Å². The standard InChI is InChI=1S/C15H17NO5/c1-8-3-9(2)5-10(4-8)13(15(20)21)16-7-11(14(18)19)6-12(16)17/h3-5,11,13H,6-7H2,1-2H3,(H,18,19)(H,20,21). The van der Waals surface area contributed by atoms with E-state index in [0.717, 1.165) is 16.0 Å². The number of carboxylic acid groups (broad SMARTS) is 2. The van der Waals surface area contributed by atoms with E-state index in [0.29, 0.717) is 5.56 Å². The second kappa shape index (κ2) is 5.55. The third-order valence-electron chi connectivity index (χ3n) is 3.61. The number of carboxylic acids is 2. The predicted octanol–water partition coefficient (Wildman–Crippen LogP) is 1.36. The first-order valence-electron chi connectivity index (χ1n) is 6.63. The first kappa shape index (κ1) is 15.0. The van der Waals surface area contributed by atoms with E-state index in [1.54, 1.807) is 12.1 Å². The molecule has 0 radical (unpaired) electrons. The van der Waals surface area contributed by atoms with Crippen LogP contribution in [0.15, 0.2) is 18.2 Å². The second-order valence-electron chi connectivity index (χ2n) is 5.45. The van der Waals surface area contributed by atoms with E-state index in [9.17, 15) is 19.5 Å². The normalized spacial score (nSPS) is 19.6. The van der Waals surface area contributed by atoms with Gasteiger partial charge in [0.15, 0.2) is 6.04 Å². The van der Waals surface area contributed by atoms with Crippen LogP contribution in [0, 0.1) is 19.8 Å². The molecule has 2 unspecified atom stereocenters. The zero-order valence-corrected chi connectivity index (χ0v) is 11.9. The lowest BCUT2D eigenvalue weighted by molar-refractivity contribution is -0.149. The maximum absolute atomic E-state index is 12.0. The molecule has 1 aliphatic rings. The van der Waals surface area contributed by atoms with Gasteiger partial charge in [-0.05, 0) is 19.4 Å². The summed E-state index contributed by atoms with van der Waals surface area (Å²) >= 11 is 0. The largest absolute Gasteiger partial charge is 0.481 e. The molecular weight excluding hydrogens is 274 g/mol. The van der Waals surface area contributed by atoms with Crippen molar-refractivity contribution < 1.29 is 24.6 Å². The number of likely N-dealkylation sites (tertiary alicyclic amines) is 1. The lowest BCUT2D eigenvalue weighted by Crippen LogP contribution is -2.36. The minimum atomic E-state index is -1.15. The summed E-state index contributed by atoms with van der Waals surface area (Å²) < 4.78 is 0. The van der Waals surface area contributed by atoms with Gasteiger partial charge in [-0.3, -0.25) is 9.59 Å². The molecule has 0 bridgehead atoms. The fraction of sp³-hybridized carbons (Fsp3) is 0.400. The van der Waals surface area contributed by atoms with Gasteiger partial charge in [-0.15, -0.1) is 0 Å². The van der Waals surface area contributed by atoms with Crippen molar-refractivity contribution in [1.29, 1.82) is 0 Å². The molecule has 2 atom stereocenters. The third-order valence-corrected chi connectivity index (χ3v) is 3.61. The molecule has 6 nitrogen and oxygen atoms in total. The topological polar surface area (TPSA) is 94.9 Å². The molecule has 2 rings (SSSR count). The Morgan fingerprint density at radius 2 is 1.76 bits per heavy atom. The van der Waals surface area contributed by atoms with Crippen molar-refractivity contribution in [2.75, 3.05) is 6.54 Å². The van der Waals surface area contributed by atoms with Gasteiger partial charge in [0.2, 0.25) is 5.91 Å². The minimum absolute atomic E-state index is 0.0713. The van der Waals surface area contributed by atoms with E-state index >= 15 is 0 Å². The van der Waals surface area contributed by atoms with Crippen molar-refractivity contribution in [2.24, 2.45) is 5.92 Å². The maximum Gasteiger partial charge on any atom is 0.331 e. The van der Waals surface area contributed by atoms with E-state index < -0.39 is 29.8 Å². The van der Waals surface area contributed by atoms with Crippen molar-refractivity contribution in [3.8, 4) is 0 Å². The van der Waals surface area contributed by atoms with Crippen molar-refractivity contribution in [3.05, 3.63) is 34.9 Å². The second-order valence-corrected chi connectivity index (χ2v) is 5.45. The third kappa shape index (κ3) is 3.04. The summed E-state index contributed by atoms with van der Waals surface area (Å²) in [6, 6.07) is 4.20. The van der Waals surface area contributed by atoms with Crippen LogP contribution in [0.1, 0.15) is 29.2 Å². The summed E-state index contributed by atoms with van der Waals surface area (Å²) in [5.74, 6) is -3.51. The van der Waals surface area contributed by atoms with Crippen LogP contribution in [0.2, 0.25) is 0 Å². The molecule has 1 aliphatic heterocycles.